The number of aryl methyl sites for hydroxylation is 1. The minimum Gasteiger partial charge on any atom is -0.349 e. The Labute approximate surface area is 130 Å². The number of amides is 1. The van der Waals surface area contributed by atoms with Crippen LogP contribution in [-0.2, 0) is 0 Å². The van der Waals surface area contributed by atoms with Gasteiger partial charge in [-0.3, -0.25) is 4.79 Å². The molecule has 0 spiro atoms. The third-order valence-electron chi connectivity index (χ3n) is 4.45. The van der Waals surface area contributed by atoms with Crippen molar-refractivity contribution in [3.63, 3.8) is 0 Å². The lowest BCUT2D eigenvalue weighted by Crippen LogP contribution is -2.32. The van der Waals surface area contributed by atoms with Crippen molar-refractivity contribution in [3.8, 4) is 5.69 Å². The molecule has 0 unspecified atom stereocenters. The van der Waals surface area contributed by atoms with Crippen LogP contribution in [-0.4, -0.2) is 16.5 Å². The van der Waals surface area contributed by atoms with E-state index < -0.39 is 0 Å². The first kappa shape index (κ1) is 14.8. The Morgan fingerprint density at radius 2 is 1.82 bits per heavy atom. The van der Waals surface area contributed by atoms with E-state index in [0.717, 1.165) is 29.9 Å². The highest BCUT2D eigenvalue weighted by Gasteiger charge is 2.21. The van der Waals surface area contributed by atoms with Gasteiger partial charge in [0.05, 0.1) is 5.56 Å². The minimum atomic E-state index is -0.259. The van der Waals surface area contributed by atoms with Crippen LogP contribution in [0.25, 0.3) is 5.69 Å². The van der Waals surface area contributed by atoms with Crippen LogP contribution in [0.15, 0.2) is 30.3 Å². The smallest absolute Gasteiger partial charge is 0.253 e. The van der Waals surface area contributed by atoms with Gasteiger partial charge in [0, 0.05) is 23.1 Å². The van der Waals surface area contributed by atoms with Gasteiger partial charge >= 0.3 is 0 Å². The van der Waals surface area contributed by atoms with Gasteiger partial charge in [-0.25, -0.2) is 4.39 Å². The van der Waals surface area contributed by atoms with Crippen LogP contribution >= 0.6 is 0 Å². The maximum absolute atomic E-state index is 13.1. The van der Waals surface area contributed by atoms with Crippen molar-refractivity contribution in [2.45, 2.75) is 45.6 Å². The Bertz CT molecular complexity index is 682. The van der Waals surface area contributed by atoms with Gasteiger partial charge in [0.25, 0.3) is 5.91 Å². The number of carbonyl (C=O) groups is 1. The van der Waals surface area contributed by atoms with Crippen molar-refractivity contribution in [1.29, 1.82) is 0 Å². The Kier molecular flexibility index (Phi) is 4.01. The van der Waals surface area contributed by atoms with Crippen LogP contribution in [0.4, 0.5) is 4.39 Å². The van der Waals surface area contributed by atoms with Gasteiger partial charge in [-0.1, -0.05) is 12.8 Å². The van der Waals surface area contributed by atoms with E-state index >= 15 is 0 Å². The third-order valence-corrected chi connectivity index (χ3v) is 4.45. The van der Waals surface area contributed by atoms with Gasteiger partial charge in [0.2, 0.25) is 0 Å². The van der Waals surface area contributed by atoms with Crippen LogP contribution in [0, 0.1) is 19.7 Å². The van der Waals surface area contributed by atoms with E-state index in [-0.39, 0.29) is 11.7 Å². The van der Waals surface area contributed by atoms with E-state index in [9.17, 15) is 9.18 Å². The van der Waals surface area contributed by atoms with E-state index in [1.807, 2.05) is 24.5 Å². The molecule has 116 valence electrons. The normalized spacial score (nSPS) is 15.2. The number of nitrogens with zero attached hydrogens (tertiary/aromatic N) is 1. The number of rotatable bonds is 3. The quantitative estimate of drug-likeness (QED) is 0.916. The summed E-state index contributed by atoms with van der Waals surface area (Å²) in [5, 5.41) is 3.12. The second kappa shape index (κ2) is 5.95. The highest BCUT2D eigenvalue weighted by Crippen LogP contribution is 2.23. The minimum absolute atomic E-state index is 0.00615. The molecule has 1 N–H and O–H groups in total. The van der Waals surface area contributed by atoms with Crippen LogP contribution in [0.3, 0.4) is 0 Å². The van der Waals surface area contributed by atoms with Crippen molar-refractivity contribution >= 4 is 5.91 Å². The highest BCUT2D eigenvalue weighted by atomic mass is 19.1. The van der Waals surface area contributed by atoms with Gasteiger partial charge in [0.15, 0.2) is 0 Å². The summed E-state index contributed by atoms with van der Waals surface area (Å²) < 4.78 is 15.1. The van der Waals surface area contributed by atoms with Crippen molar-refractivity contribution < 1.29 is 9.18 Å². The zero-order chi connectivity index (χ0) is 15.7. The van der Waals surface area contributed by atoms with Crippen LogP contribution in [0.1, 0.15) is 47.4 Å². The lowest BCUT2D eigenvalue weighted by Gasteiger charge is -2.13. The first-order valence-corrected chi connectivity index (χ1v) is 7.82. The summed E-state index contributed by atoms with van der Waals surface area (Å²) in [6, 6.07) is 8.55. The average Bonchev–Trinajstić information content (AvgIpc) is 3.09. The van der Waals surface area contributed by atoms with Crippen molar-refractivity contribution in [2.75, 3.05) is 0 Å². The molecule has 1 aliphatic rings. The molecule has 3 nitrogen and oxygen atoms in total. The van der Waals surface area contributed by atoms with Crippen molar-refractivity contribution in [2.24, 2.45) is 0 Å². The molecule has 0 radical (unpaired) electrons. The van der Waals surface area contributed by atoms with E-state index in [1.165, 1.54) is 25.0 Å². The SMILES string of the molecule is Cc1cc(C(=O)NC2CCCC2)c(C)n1-c1ccc(F)cc1. The molecule has 0 aliphatic heterocycles. The number of carbonyl (C=O) groups excluding carboxylic acids is 1. The van der Waals surface area contributed by atoms with Gasteiger partial charge < -0.3 is 9.88 Å². The van der Waals surface area contributed by atoms with Crippen molar-refractivity contribution in [3.05, 3.63) is 53.1 Å². The van der Waals surface area contributed by atoms with E-state index in [4.69, 9.17) is 0 Å². The third kappa shape index (κ3) is 2.78. The molecule has 1 amide bonds. The predicted octanol–water partition coefficient (Wildman–Crippen LogP) is 3.91. The van der Waals surface area contributed by atoms with E-state index in [2.05, 4.69) is 5.32 Å². The maximum atomic E-state index is 13.1. The second-order valence-corrected chi connectivity index (χ2v) is 6.05. The lowest BCUT2D eigenvalue weighted by atomic mass is 10.2. The molecule has 1 aromatic carbocycles. The molecular formula is C18H21FN2O. The van der Waals surface area contributed by atoms with E-state index in [0.29, 0.717) is 11.6 Å². The molecule has 1 aromatic heterocycles. The van der Waals surface area contributed by atoms with Crippen LogP contribution < -0.4 is 5.32 Å². The fraction of sp³-hybridized carbons (Fsp3) is 0.389. The van der Waals surface area contributed by atoms with Gasteiger partial charge in [-0.2, -0.15) is 0 Å². The Morgan fingerprint density at radius 3 is 2.45 bits per heavy atom. The largest absolute Gasteiger partial charge is 0.349 e. The fourth-order valence-corrected chi connectivity index (χ4v) is 3.31. The summed E-state index contributed by atoms with van der Waals surface area (Å²) in [7, 11) is 0. The highest BCUT2D eigenvalue weighted by molar-refractivity contribution is 5.96. The molecule has 1 fully saturated rings. The molecule has 4 heteroatoms. The molecule has 1 heterocycles. The zero-order valence-corrected chi connectivity index (χ0v) is 13.0. The van der Waals surface area contributed by atoms with Gasteiger partial charge in [-0.15, -0.1) is 0 Å². The molecule has 0 saturated heterocycles. The zero-order valence-electron chi connectivity index (χ0n) is 13.0. The second-order valence-electron chi connectivity index (χ2n) is 6.05. The van der Waals surface area contributed by atoms with Gasteiger partial charge in [0.1, 0.15) is 5.82 Å². The van der Waals surface area contributed by atoms with Crippen LogP contribution in [0.5, 0.6) is 0 Å². The van der Waals surface area contributed by atoms with Crippen LogP contribution in [0.2, 0.25) is 0 Å². The molecule has 0 bridgehead atoms. The number of hydrogen-bond donors (Lipinski definition) is 1. The number of nitrogens with one attached hydrogen (secondary N) is 1. The first-order chi connectivity index (χ1) is 10.6. The summed E-state index contributed by atoms with van der Waals surface area (Å²) in [4.78, 5) is 12.5. The summed E-state index contributed by atoms with van der Waals surface area (Å²) in [5.41, 5.74) is 3.44. The monoisotopic (exact) mass is 300 g/mol. The molecule has 22 heavy (non-hydrogen) atoms. The maximum Gasteiger partial charge on any atom is 0.253 e. The Balaban J connectivity index is 1.89. The van der Waals surface area contributed by atoms with Gasteiger partial charge in [-0.05, 0) is 57.0 Å². The summed E-state index contributed by atoms with van der Waals surface area (Å²) >= 11 is 0. The molecule has 3 rings (SSSR count). The molecule has 1 aliphatic carbocycles. The van der Waals surface area contributed by atoms with E-state index in [1.54, 1.807) is 12.1 Å². The number of halogens is 1. The fourth-order valence-electron chi connectivity index (χ4n) is 3.31. The summed E-state index contributed by atoms with van der Waals surface area (Å²) in [5.74, 6) is -0.265. The summed E-state index contributed by atoms with van der Waals surface area (Å²) in [6.07, 6.45) is 4.53. The Morgan fingerprint density at radius 1 is 1.18 bits per heavy atom. The number of hydrogen-bond acceptors (Lipinski definition) is 1. The lowest BCUT2D eigenvalue weighted by molar-refractivity contribution is 0.0937. The summed E-state index contributed by atoms with van der Waals surface area (Å²) in [6.45, 7) is 3.89. The number of benzene rings is 1. The Hall–Kier alpha value is -2.10. The standard InChI is InChI=1S/C18H21FN2O/c1-12-11-17(18(22)20-15-5-3-4-6-15)13(2)21(12)16-9-7-14(19)8-10-16/h7-11,15H,3-6H2,1-2H3,(H,20,22). The van der Waals surface area contributed by atoms with Crippen molar-refractivity contribution in [1.82, 2.24) is 9.88 Å². The molecule has 2 aromatic rings. The predicted molar refractivity (Wildman–Crippen MR) is 84.9 cm³/mol. The topological polar surface area (TPSA) is 34.0 Å². The average molecular weight is 300 g/mol. The molecule has 1 saturated carbocycles. The molecular weight excluding hydrogens is 279 g/mol. The molecule has 0 atom stereocenters. The first-order valence-electron chi connectivity index (χ1n) is 7.82. The number of aromatic nitrogens is 1.